The summed E-state index contributed by atoms with van der Waals surface area (Å²) in [6.45, 7) is 8.63. The first-order chi connectivity index (χ1) is 11.0. The zero-order chi connectivity index (χ0) is 16.4. The van der Waals surface area contributed by atoms with E-state index in [0.717, 1.165) is 23.1 Å². The topological polar surface area (TPSA) is 44.9 Å². The van der Waals surface area contributed by atoms with E-state index in [2.05, 4.69) is 42.3 Å². The molecule has 3 heteroatoms. The van der Waals surface area contributed by atoms with Crippen molar-refractivity contribution in [1.82, 2.24) is 10.3 Å². The van der Waals surface area contributed by atoms with E-state index in [4.69, 9.17) is 0 Å². The number of aryl methyl sites for hydroxylation is 2. The maximum atomic E-state index is 12.3. The van der Waals surface area contributed by atoms with E-state index in [1.807, 2.05) is 31.3 Å². The average Bonchev–Trinajstić information content (AvgIpc) is 2.89. The number of H-pyrrole nitrogens is 1. The molecule has 0 bridgehead atoms. The predicted molar refractivity (Wildman–Crippen MR) is 94.7 cm³/mol. The number of amides is 1. The van der Waals surface area contributed by atoms with E-state index in [0.29, 0.717) is 12.1 Å². The van der Waals surface area contributed by atoms with Gasteiger partial charge in [0.15, 0.2) is 0 Å². The number of hydrogen-bond acceptors (Lipinski definition) is 1. The van der Waals surface area contributed by atoms with Gasteiger partial charge in [0.1, 0.15) is 0 Å². The summed E-state index contributed by atoms with van der Waals surface area (Å²) in [5.74, 6) is -0.0639. The van der Waals surface area contributed by atoms with Crippen LogP contribution < -0.4 is 5.32 Å². The highest BCUT2D eigenvalue weighted by atomic mass is 16.1. The highest BCUT2D eigenvalue weighted by Crippen LogP contribution is 2.20. The highest BCUT2D eigenvalue weighted by molar-refractivity contribution is 5.96. The average molecular weight is 305 g/mol. The second kappa shape index (κ2) is 6.29. The van der Waals surface area contributed by atoms with Crippen molar-refractivity contribution in [3.05, 3.63) is 77.3 Å². The van der Waals surface area contributed by atoms with Gasteiger partial charge < -0.3 is 10.3 Å². The molecule has 0 saturated heterocycles. The minimum atomic E-state index is -0.0639. The van der Waals surface area contributed by atoms with Crippen LogP contribution in [0.4, 0.5) is 0 Å². The fraction of sp³-hybridized carbons (Fsp3) is 0.200. The Hall–Kier alpha value is -2.55. The molecule has 117 valence electrons. The number of fused-ring (bicyclic) bond motifs is 1. The molecule has 1 aromatic heterocycles. The first-order valence-electron chi connectivity index (χ1n) is 7.82. The number of nitrogens with one attached hydrogen (secondary N) is 2. The van der Waals surface area contributed by atoms with Crippen LogP contribution in [0, 0.1) is 20.8 Å². The van der Waals surface area contributed by atoms with Gasteiger partial charge in [-0.25, -0.2) is 0 Å². The van der Waals surface area contributed by atoms with Crippen LogP contribution in [0.3, 0.4) is 0 Å². The summed E-state index contributed by atoms with van der Waals surface area (Å²) in [6, 6.07) is 12.1. The Morgan fingerprint density at radius 1 is 1.13 bits per heavy atom. The van der Waals surface area contributed by atoms with Gasteiger partial charge in [0.05, 0.1) is 0 Å². The lowest BCUT2D eigenvalue weighted by atomic mass is 10.0. The number of benzene rings is 2. The number of carbonyl (C=O) groups is 1. The minimum absolute atomic E-state index is 0.0639. The lowest BCUT2D eigenvalue weighted by molar-refractivity contribution is 0.0954. The summed E-state index contributed by atoms with van der Waals surface area (Å²) in [6.07, 6.45) is 2.82. The number of aromatic nitrogens is 1. The van der Waals surface area contributed by atoms with Gasteiger partial charge in [0, 0.05) is 29.2 Å². The maximum absolute atomic E-state index is 12.3. The van der Waals surface area contributed by atoms with E-state index in [1.54, 1.807) is 0 Å². The number of aromatic amines is 1. The summed E-state index contributed by atoms with van der Waals surface area (Å²) in [5.41, 5.74) is 6.12. The second-order valence-electron chi connectivity index (χ2n) is 6.03. The van der Waals surface area contributed by atoms with Crippen LogP contribution in [0.15, 0.2) is 42.6 Å². The summed E-state index contributed by atoms with van der Waals surface area (Å²) in [7, 11) is 0. The van der Waals surface area contributed by atoms with E-state index in [9.17, 15) is 4.79 Å². The zero-order valence-corrected chi connectivity index (χ0v) is 13.6. The Bertz CT molecular complexity index is 861. The molecule has 1 amide bonds. The largest absolute Gasteiger partial charge is 0.361 e. The molecular weight excluding hydrogens is 284 g/mol. The Morgan fingerprint density at radius 2 is 1.87 bits per heavy atom. The Labute approximate surface area is 136 Å². The van der Waals surface area contributed by atoms with Crippen LogP contribution in [-0.4, -0.2) is 17.4 Å². The van der Waals surface area contributed by atoms with Crippen molar-refractivity contribution in [2.75, 3.05) is 6.54 Å². The number of carbonyl (C=O) groups excluding carboxylic acids is 1. The molecule has 3 aromatic rings. The molecule has 0 unspecified atom stereocenters. The minimum Gasteiger partial charge on any atom is -0.361 e. The molecule has 3 nitrogen and oxygen atoms in total. The third kappa shape index (κ3) is 3.29. The molecule has 2 aromatic carbocycles. The molecule has 0 spiro atoms. The Morgan fingerprint density at radius 3 is 2.65 bits per heavy atom. The van der Waals surface area contributed by atoms with Crippen LogP contribution in [0.1, 0.15) is 32.6 Å². The lowest BCUT2D eigenvalue weighted by Gasteiger charge is -2.08. The van der Waals surface area contributed by atoms with Gasteiger partial charge in [-0.1, -0.05) is 29.3 Å². The maximum Gasteiger partial charge on any atom is 0.251 e. The van der Waals surface area contributed by atoms with Gasteiger partial charge in [-0.05, 0) is 56.5 Å². The van der Waals surface area contributed by atoms with Crippen molar-refractivity contribution in [2.24, 2.45) is 0 Å². The van der Waals surface area contributed by atoms with Crippen LogP contribution in [0.25, 0.3) is 10.9 Å². The normalized spacial score (nSPS) is 10.9. The van der Waals surface area contributed by atoms with Gasteiger partial charge in [0.2, 0.25) is 0 Å². The molecule has 0 aliphatic heterocycles. The monoisotopic (exact) mass is 305 g/mol. The first-order valence-corrected chi connectivity index (χ1v) is 7.82. The number of rotatable bonds is 4. The van der Waals surface area contributed by atoms with Gasteiger partial charge in [-0.15, -0.1) is 0 Å². The summed E-state index contributed by atoms with van der Waals surface area (Å²) in [4.78, 5) is 15.5. The fourth-order valence-electron chi connectivity index (χ4n) is 2.85. The van der Waals surface area contributed by atoms with Crippen molar-refractivity contribution >= 4 is 16.8 Å². The van der Waals surface area contributed by atoms with E-state index in [1.165, 1.54) is 16.5 Å². The van der Waals surface area contributed by atoms with Crippen molar-refractivity contribution < 1.29 is 4.79 Å². The second-order valence-corrected chi connectivity index (χ2v) is 6.03. The van der Waals surface area contributed by atoms with Crippen LogP contribution in [0.2, 0.25) is 0 Å². The van der Waals surface area contributed by atoms with Gasteiger partial charge >= 0.3 is 0 Å². The lowest BCUT2D eigenvalue weighted by Crippen LogP contribution is -2.26. The van der Waals surface area contributed by atoms with E-state index < -0.39 is 0 Å². The number of hydrogen-bond donors (Lipinski definition) is 2. The predicted octanol–water partition coefficient (Wildman–Crippen LogP) is 3.94. The van der Waals surface area contributed by atoms with Crippen LogP contribution in [-0.2, 0) is 6.42 Å². The molecule has 0 atom stereocenters. The van der Waals surface area contributed by atoms with Gasteiger partial charge in [0.25, 0.3) is 5.91 Å². The molecule has 0 fully saturated rings. The van der Waals surface area contributed by atoms with Crippen molar-refractivity contribution in [1.29, 1.82) is 0 Å². The zero-order valence-electron chi connectivity index (χ0n) is 13.6. The molecular formula is C20H21N2O. The third-order valence-corrected chi connectivity index (χ3v) is 4.11. The Kier molecular flexibility index (Phi) is 4.20. The molecule has 0 aliphatic rings. The van der Waals surface area contributed by atoms with Crippen molar-refractivity contribution in [2.45, 2.75) is 20.3 Å². The highest BCUT2D eigenvalue weighted by Gasteiger charge is 2.09. The van der Waals surface area contributed by atoms with Gasteiger partial charge in [-0.2, -0.15) is 0 Å². The molecule has 23 heavy (non-hydrogen) atoms. The Balaban J connectivity index is 1.66. The molecule has 1 radical (unpaired) electrons. The molecule has 0 aliphatic carbocycles. The third-order valence-electron chi connectivity index (χ3n) is 4.11. The van der Waals surface area contributed by atoms with E-state index >= 15 is 0 Å². The van der Waals surface area contributed by atoms with Crippen molar-refractivity contribution in [3.8, 4) is 0 Å². The molecule has 0 saturated carbocycles. The standard InChI is InChI=1S/C20H21N2O/c1-13-4-6-17(15(3)10-13)20(23)21-9-8-16-12-22-19-7-5-14(2)11-18(16)19/h4-7,10-12,22H,3,8-9H2,1-2H3,(H,21,23). The van der Waals surface area contributed by atoms with E-state index in [-0.39, 0.29) is 5.91 Å². The SMILES string of the molecule is [CH2]c1cc(C)ccc1C(=O)NCCc1c[nH]c2ccc(C)cc12. The summed E-state index contributed by atoms with van der Waals surface area (Å²) < 4.78 is 0. The summed E-state index contributed by atoms with van der Waals surface area (Å²) >= 11 is 0. The summed E-state index contributed by atoms with van der Waals surface area (Å²) in [5, 5.41) is 4.21. The molecule has 3 rings (SSSR count). The first kappa shape index (κ1) is 15.3. The quantitative estimate of drug-likeness (QED) is 0.753. The molecule has 1 heterocycles. The fourth-order valence-corrected chi connectivity index (χ4v) is 2.85. The van der Waals surface area contributed by atoms with Crippen LogP contribution >= 0.6 is 0 Å². The van der Waals surface area contributed by atoms with Crippen LogP contribution in [0.5, 0.6) is 0 Å². The van der Waals surface area contributed by atoms with Crippen molar-refractivity contribution in [3.63, 3.8) is 0 Å². The smallest absolute Gasteiger partial charge is 0.251 e. The van der Waals surface area contributed by atoms with Gasteiger partial charge in [-0.3, -0.25) is 4.79 Å². The molecule has 2 N–H and O–H groups in total.